The first-order chi connectivity index (χ1) is 9.65. The van der Waals surface area contributed by atoms with Crippen LogP contribution in [0.5, 0.6) is 5.75 Å². The smallest absolute Gasteiger partial charge is 0.122 e. The van der Waals surface area contributed by atoms with Crippen molar-refractivity contribution in [2.75, 3.05) is 13.7 Å². The Morgan fingerprint density at radius 2 is 1.95 bits per heavy atom. The minimum atomic E-state index is 0.0828. The first kappa shape index (κ1) is 15.1. The zero-order valence-corrected chi connectivity index (χ0v) is 13.4. The third-order valence-corrected chi connectivity index (χ3v) is 4.05. The van der Waals surface area contributed by atoms with Crippen molar-refractivity contribution in [3.63, 3.8) is 0 Å². The average Bonchev–Trinajstić information content (AvgIpc) is 2.46. The first-order valence-electron chi connectivity index (χ1n) is 6.64. The zero-order valence-electron chi connectivity index (χ0n) is 11.8. The summed E-state index contributed by atoms with van der Waals surface area (Å²) in [5.74, 6) is 0.944. The molecule has 0 aliphatic carbocycles. The lowest BCUT2D eigenvalue weighted by atomic mass is 9.89. The minimum Gasteiger partial charge on any atom is -0.496 e. The molecule has 0 amide bonds. The third-order valence-electron chi connectivity index (χ3n) is 3.56. The largest absolute Gasteiger partial charge is 0.496 e. The number of methoxy groups -OCH3 is 1. The van der Waals surface area contributed by atoms with E-state index in [0.29, 0.717) is 0 Å². The lowest BCUT2D eigenvalue weighted by Gasteiger charge is -2.19. The van der Waals surface area contributed by atoms with Gasteiger partial charge in [-0.15, -0.1) is 0 Å². The molecule has 0 spiro atoms. The van der Waals surface area contributed by atoms with E-state index in [4.69, 9.17) is 4.74 Å². The Labute approximate surface area is 128 Å². The fraction of sp³-hybridized carbons (Fsp3) is 0.294. The van der Waals surface area contributed by atoms with Crippen molar-refractivity contribution in [3.05, 3.63) is 63.6 Å². The van der Waals surface area contributed by atoms with Crippen LogP contribution in [0, 0.1) is 6.92 Å². The Hall–Kier alpha value is -1.32. The topological polar surface area (TPSA) is 29.5 Å². The molecule has 106 valence electrons. The highest BCUT2D eigenvalue weighted by Crippen LogP contribution is 2.30. The summed E-state index contributed by atoms with van der Waals surface area (Å²) in [6.07, 6.45) is 0.754. The molecular weight excluding hydrogens is 316 g/mol. The molecule has 0 heterocycles. The summed E-state index contributed by atoms with van der Waals surface area (Å²) in [4.78, 5) is 0. The lowest BCUT2D eigenvalue weighted by molar-refractivity contribution is 0.263. The Kier molecular flexibility index (Phi) is 5.21. The summed E-state index contributed by atoms with van der Waals surface area (Å²) in [7, 11) is 1.68. The number of rotatable bonds is 5. The van der Waals surface area contributed by atoms with Gasteiger partial charge in [0.2, 0.25) is 0 Å². The Morgan fingerprint density at radius 1 is 1.20 bits per heavy atom. The predicted octanol–water partition coefficient (Wildman–Crippen LogP) is 4.08. The van der Waals surface area contributed by atoms with E-state index in [1.54, 1.807) is 7.11 Å². The van der Waals surface area contributed by atoms with Gasteiger partial charge in [0.1, 0.15) is 5.75 Å². The maximum absolute atomic E-state index is 9.75. The van der Waals surface area contributed by atoms with Crippen molar-refractivity contribution < 1.29 is 9.84 Å². The van der Waals surface area contributed by atoms with Gasteiger partial charge in [0.25, 0.3) is 0 Å². The second-order valence-corrected chi connectivity index (χ2v) is 5.81. The van der Waals surface area contributed by atoms with E-state index in [2.05, 4.69) is 41.1 Å². The van der Waals surface area contributed by atoms with Crippen LogP contribution in [0.3, 0.4) is 0 Å². The summed E-state index contributed by atoms with van der Waals surface area (Å²) in [5, 5.41) is 9.75. The molecule has 1 atom stereocenters. The van der Waals surface area contributed by atoms with Gasteiger partial charge in [-0.2, -0.15) is 0 Å². The van der Waals surface area contributed by atoms with Gasteiger partial charge in [-0.05, 0) is 48.2 Å². The molecule has 2 aromatic carbocycles. The summed E-state index contributed by atoms with van der Waals surface area (Å²) in [6.45, 7) is 2.21. The van der Waals surface area contributed by atoms with Gasteiger partial charge in [0, 0.05) is 10.4 Å². The number of ether oxygens (including phenoxy) is 1. The van der Waals surface area contributed by atoms with Gasteiger partial charge in [-0.25, -0.2) is 0 Å². The molecule has 0 saturated heterocycles. The quantitative estimate of drug-likeness (QED) is 0.892. The molecule has 1 N–H and O–H groups in total. The molecule has 20 heavy (non-hydrogen) atoms. The molecule has 0 aliphatic heterocycles. The fourth-order valence-electron chi connectivity index (χ4n) is 2.49. The SMILES string of the molecule is COc1ccc(Br)cc1CC(CO)c1ccccc1C. The van der Waals surface area contributed by atoms with E-state index in [9.17, 15) is 5.11 Å². The molecule has 1 unspecified atom stereocenters. The lowest BCUT2D eigenvalue weighted by Crippen LogP contribution is -2.10. The van der Waals surface area contributed by atoms with Crippen LogP contribution in [0.4, 0.5) is 0 Å². The third kappa shape index (κ3) is 3.41. The number of benzene rings is 2. The molecule has 0 saturated carbocycles. The van der Waals surface area contributed by atoms with Crippen LogP contribution in [0.25, 0.3) is 0 Å². The molecule has 0 aliphatic rings. The highest BCUT2D eigenvalue weighted by atomic mass is 79.9. The second-order valence-electron chi connectivity index (χ2n) is 4.90. The summed E-state index contributed by atoms with van der Waals surface area (Å²) < 4.78 is 6.43. The minimum absolute atomic E-state index is 0.0828. The van der Waals surface area contributed by atoms with E-state index < -0.39 is 0 Å². The maximum Gasteiger partial charge on any atom is 0.122 e. The maximum atomic E-state index is 9.75. The standard InChI is InChI=1S/C17H19BrO2/c1-12-5-3-4-6-16(12)14(11-19)9-13-10-15(18)7-8-17(13)20-2/h3-8,10,14,19H,9,11H2,1-2H3. The Balaban J connectivity index is 2.31. The van der Waals surface area contributed by atoms with Gasteiger partial charge < -0.3 is 9.84 Å². The average molecular weight is 335 g/mol. The second kappa shape index (κ2) is 6.91. The number of hydrogen-bond acceptors (Lipinski definition) is 2. The Bertz CT molecular complexity index is 581. The van der Waals surface area contributed by atoms with E-state index in [1.165, 1.54) is 11.1 Å². The summed E-state index contributed by atoms with van der Waals surface area (Å²) in [6, 6.07) is 14.2. The van der Waals surface area contributed by atoms with Gasteiger partial charge in [0.15, 0.2) is 0 Å². The molecular formula is C17H19BrO2. The summed E-state index contributed by atoms with van der Waals surface area (Å²) in [5.41, 5.74) is 3.50. The van der Waals surface area contributed by atoms with Gasteiger partial charge in [0.05, 0.1) is 13.7 Å². The first-order valence-corrected chi connectivity index (χ1v) is 7.43. The number of aryl methyl sites for hydroxylation is 1. The van der Waals surface area contributed by atoms with Crippen LogP contribution < -0.4 is 4.74 Å². The van der Waals surface area contributed by atoms with Crippen molar-refractivity contribution >= 4 is 15.9 Å². The zero-order chi connectivity index (χ0) is 14.5. The number of aliphatic hydroxyl groups is 1. The molecule has 0 radical (unpaired) electrons. The van der Waals surface area contributed by atoms with Crippen molar-refractivity contribution in [2.24, 2.45) is 0 Å². The van der Waals surface area contributed by atoms with Gasteiger partial charge in [-0.1, -0.05) is 40.2 Å². The molecule has 0 bridgehead atoms. The van der Waals surface area contributed by atoms with Crippen LogP contribution in [0.1, 0.15) is 22.6 Å². The van der Waals surface area contributed by atoms with Gasteiger partial charge >= 0.3 is 0 Å². The molecule has 2 aromatic rings. The fourth-order valence-corrected chi connectivity index (χ4v) is 2.90. The van der Waals surface area contributed by atoms with E-state index in [1.807, 2.05) is 24.3 Å². The highest BCUT2D eigenvalue weighted by molar-refractivity contribution is 9.10. The van der Waals surface area contributed by atoms with Crippen molar-refractivity contribution in [1.29, 1.82) is 0 Å². The van der Waals surface area contributed by atoms with Crippen LogP contribution in [-0.2, 0) is 6.42 Å². The molecule has 2 rings (SSSR count). The van der Waals surface area contributed by atoms with Crippen LogP contribution in [0.15, 0.2) is 46.9 Å². The van der Waals surface area contributed by atoms with Gasteiger partial charge in [-0.3, -0.25) is 0 Å². The van der Waals surface area contributed by atoms with Crippen molar-refractivity contribution in [3.8, 4) is 5.75 Å². The van der Waals surface area contributed by atoms with Crippen LogP contribution in [0.2, 0.25) is 0 Å². The summed E-state index contributed by atoms with van der Waals surface area (Å²) >= 11 is 3.49. The molecule has 3 heteroatoms. The molecule has 2 nitrogen and oxygen atoms in total. The van der Waals surface area contributed by atoms with E-state index >= 15 is 0 Å². The normalized spacial score (nSPS) is 12.2. The number of hydrogen-bond donors (Lipinski definition) is 1. The monoisotopic (exact) mass is 334 g/mol. The van der Waals surface area contributed by atoms with E-state index in [-0.39, 0.29) is 12.5 Å². The van der Waals surface area contributed by atoms with Crippen molar-refractivity contribution in [1.82, 2.24) is 0 Å². The Morgan fingerprint density at radius 3 is 2.60 bits per heavy atom. The highest BCUT2D eigenvalue weighted by Gasteiger charge is 2.16. The molecule has 0 fully saturated rings. The number of halogens is 1. The predicted molar refractivity (Wildman–Crippen MR) is 85.4 cm³/mol. The van der Waals surface area contributed by atoms with E-state index in [0.717, 1.165) is 22.2 Å². The van der Waals surface area contributed by atoms with Crippen LogP contribution >= 0.6 is 15.9 Å². The van der Waals surface area contributed by atoms with Crippen LogP contribution in [-0.4, -0.2) is 18.8 Å². The molecule has 0 aromatic heterocycles. The number of aliphatic hydroxyl groups excluding tert-OH is 1. The van der Waals surface area contributed by atoms with Crippen molar-refractivity contribution in [2.45, 2.75) is 19.3 Å².